The van der Waals surface area contributed by atoms with Crippen LogP contribution in [0.15, 0.2) is 0 Å². The standard InChI is InChI=1S/C27H46O/c1-18(2)7-6-8-19(3)23-11-12-24-22-10-9-20-17-21(28)13-15-26(20,4)25(22)14-16-27(23,24)5/h18-20,22-25H,6-17H2,1-5H3/t19-,20?,22-,23-,24+,25+,26+,27-/m1/s1. The van der Waals surface area contributed by atoms with E-state index in [1.807, 2.05) is 0 Å². The minimum absolute atomic E-state index is 0.471. The van der Waals surface area contributed by atoms with Crippen LogP contribution in [0.25, 0.3) is 0 Å². The summed E-state index contributed by atoms with van der Waals surface area (Å²) in [5.74, 6) is 6.82. The van der Waals surface area contributed by atoms with Gasteiger partial charge >= 0.3 is 0 Å². The topological polar surface area (TPSA) is 17.1 Å². The van der Waals surface area contributed by atoms with Crippen LogP contribution < -0.4 is 0 Å². The molecule has 0 heterocycles. The zero-order chi connectivity index (χ0) is 20.1. The molecule has 0 N–H and O–H groups in total. The first kappa shape index (κ1) is 20.9. The zero-order valence-corrected chi connectivity index (χ0v) is 19.4. The van der Waals surface area contributed by atoms with Crippen LogP contribution in [0.2, 0.25) is 0 Å². The van der Waals surface area contributed by atoms with E-state index >= 15 is 0 Å². The van der Waals surface area contributed by atoms with Crippen molar-refractivity contribution in [1.29, 1.82) is 0 Å². The molecule has 0 saturated heterocycles. The minimum atomic E-state index is 0.471. The smallest absolute Gasteiger partial charge is 0.133 e. The third-order valence-electron chi connectivity index (χ3n) is 10.7. The van der Waals surface area contributed by atoms with Gasteiger partial charge in [0.25, 0.3) is 0 Å². The minimum Gasteiger partial charge on any atom is -0.300 e. The number of hydrogen-bond donors (Lipinski definition) is 0. The lowest BCUT2D eigenvalue weighted by atomic mass is 9.44. The molecule has 4 aliphatic carbocycles. The Morgan fingerprint density at radius 3 is 2.39 bits per heavy atom. The Hall–Kier alpha value is -0.330. The third kappa shape index (κ3) is 3.41. The Balaban J connectivity index is 1.47. The van der Waals surface area contributed by atoms with Gasteiger partial charge in [0.15, 0.2) is 0 Å². The van der Waals surface area contributed by atoms with Crippen LogP contribution in [0.4, 0.5) is 0 Å². The normalized spacial score (nSPS) is 46.8. The fourth-order valence-electron chi connectivity index (χ4n) is 9.07. The predicted molar refractivity (Wildman–Crippen MR) is 118 cm³/mol. The van der Waals surface area contributed by atoms with Crippen LogP contribution in [0.1, 0.15) is 112 Å². The number of Topliss-reactive ketones (excluding diaryl/α,β-unsaturated/α-hetero) is 1. The molecule has 1 unspecified atom stereocenters. The maximum atomic E-state index is 12.1. The molecule has 0 aromatic heterocycles. The average molecular weight is 387 g/mol. The molecular formula is C27H46O. The van der Waals surface area contributed by atoms with Crippen molar-refractivity contribution in [1.82, 2.24) is 0 Å². The summed E-state index contributed by atoms with van der Waals surface area (Å²) in [6.07, 6.45) is 15.9. The number of fused-ring (bicyclic) bond motifs is 5. The molecule has 0 aliphatic heterocycles. The van der Waals surface area contributed by atoms with Gasteiger partial charge in [-0.15, -0.1) is 0 Å². The van der Waals surface area contributed by atoms with Crippen molar-refractivity contribution in [2.75, 3.05) is 0 Å². The summed E-state index contributed by atoms with van der Waals surface area (Å²) < 4.78 is 0. The van der Waals surface area contributed by atoms with E-state index < -0.39 is 0 Å². The molecule has 1 heteroatoms. The van der Waals surface area contributed by atoms with Crippen molar-refractivity contribution in [2.45, 2.75) is 112 Å². The average Bonchev–Trinajstić information content (AvgIpc) is 2.99. The summed E-state index contributed by atoms with van der Waals surface area (Å²) in [4.78, 5) is 12.1. The molecule has 0 spiro atoms. The highest BCUT2D eigenvalue weighted by molar-refractivity contribution is 5.79. The Morgan fingerprint density at radius 2 is 1.64 bits per heavy atom. The maximum Gasteiger partial charge on any atom is 0.133 e. The summed E-state index contributed by atoms with van der Waals surface area (Å²) in [6, 6.07) is 0. The van der Waals surface area contributed by atoms with E-state index in [0.29, 0.717) is 22.5 Å². The second-order valence-corrected chi connectivity index (χ2v) is 12.4. The van der Waals surface area contributed by atoms with E-state index in [-0.39, 0.29) is 0 Å². The van der Waals surface area contributed by atoms with Crippen molar-refractivity contribution >= 4 is 5.78 Å². The molecule has 4 fully saturated rings. The highest BCUT2D eigenvalue weighted by Crippen LogP contribution is 2.68. The van der Waals surface area contributed by atoms with Crippen molar-refractivity contribution in [2.24, 2.45) is 52.3 Å². The molecule has 160 valence electrons. The molecule has 28 heavy (non-hydrogen) atoms. The van der Waals surface area contributed by atoms with Gasteiger partial charge < -0.3 is 0 Å². The van der Waals surface area contributed by atoms with E-state index in [2.05, 4.69) is 34.6 Å². The zero-order valence-electron chi connectivity index (χ0n) is 19.4. The lowest BCUT2D eigenvalue weighted by Gasteiger charge is -2.60. The summed E-state index contributed by atoms with van der Waals surface area (Å²) >= 11 is 0. The Bertz CT molecular complexity index is 579. The van der Waals surface area contributed by atoms with E-state index in [9.17, 15) is 4.79 Å². The highest BCUT2D eigenvalue weighted by Gasteiger charge is 2.60. The first-order chi connectivity index (χ1) is 13.3. The van der Waals surface area contributed by atoms with Crippen molar-refractivity contribution in [3.05, 3.63) is 0 Å². The van der Waals surface area contributed by atoms with Crippen LogP contribution in [-0.4, -0.2) is 5.78 Å². The molecular weight excluding hydrogens is 340 g/mol. The Labute approximate surface area is 174 Å². The van der Waals surface area contributed by atoms with Crippen molar-refractivity contribution in [3.63, 3.8) is 0 Å². The van der Waals surface area contributed by atoms with E-state index in [0.717, 1.165) is 48.3 Å². The molecule has 0 bridgehead atoms. The summed E-state index contributed by atoms with van der Waals surface area (Å²) in [7, 11) is 0. The van der Waals surface area contributed by atoms with Gasteiger partial charge in [-0.25, -0.2) is 0 Å². The quantitative estimate of drug-likeness (QED) is 0.473. The van der Waals surface area contributed by atoms with Crippen LogP contribution in [0.3, 0.4) is 0 Å². The number of hydrogen-bond acceptors (Lipinski definition) is 1. The fourth-order valence-corrected chi connectivity index (χ4v) is 9.07. The molecule has 0 aromatic carbocycles. The molecule has 4 aliphatic rings. The Morgan fingerprint density at radius 1 is 0.893 bits per heavy atom. The van der Waals surface area contributed by atoms with Crippen molar-refractivity contribution < 1.29 is 4.79 Å². The molecule has 0 aromatic rings. The molecule has 8 atom stereocenters. The van der Waals surface area contributed by atoms with Gasteiger partial charge in [-0.05, 0) is 97.2 Å². The summed E-state index contributed by atoms with van der Waals surface area (Å²) in [5.41, 5.74) is 1.07. The second kappa shape index (κ2) is 7.73. The van der Waals surface area contributed by atoms with Crippen LogP contribution in [-0.2, 0) is 4.79 Å². The van der Waals surface area contributed by atoms with Gasteiger partial charge in [-0.2, -0.15) is 0 Å². The second-order valence-electron chi connectivity index (χ2n) is 12.4. The van der Waals surface area contributed by atoms with E-state index in [4.69, 9.17) is 0 Å². The fraction of sp³-hybridized carbons (Fsp3) is 0.963. The van der Waals surface area contributed by atoms with Gasteiger partial charge in [0.1, 0.15) is 5.78 Å². The number of carbonyl (C=O) groups is 1. The van der Waals surface area contributed by atoms with Crippen LogP contribution >= 0.6 is 0 Å². The van der Waals surface area contributed by atoms with Crippen molar-refractivity contribution in [3.8, 4) is 0 Å². The number of ketones is 1. The first-order valence-corrected chi connectivity index (χ1v) is 12.8. The van der Waals surface area contributed by atoms with Gasteiger partial charge in [-0.3, -0.25) is 4.79 Å². The van der Waals surface area contributed by atoms with Gasteiger partial charge in [0, 0.05) is 12.8 Å². The van der Waals surface area contributed by atoms with Crippen LogP contribution in [0, 0.1) is 52.3 Å². The highest BCUT2D eigenvalue weighted by atomic mass is 16.1. The molecule has 0 amide bonds. The SMILES string of the molecule is CC(C)CCC[C@@H](C)[C@H]1CC[C@H]2[C@H]3CCC4CC(=O)CC[C@]4(C)[C@H]3CC[C@]12C. The summed E-state index contributed by atoms with van der Waals surface area (Å²) in [6.45, 7) is 12.6. The van der Waals surface area contributed by atoms with E-state index in [1.54, 1.807) is 0 Å². The molecule has 4 rings (SSSR count). The first-order valence-electron chi connectivity index (χ1n) is 12.8. The predicted octanol–water partition coefficient (Wildman–Crippen LogP) is 7.68. The lowest BCUT2D eigenvalue weighted by Crippen LogP contribution is -2.53. The molecule has 4 saturated carbocycles. The Kier molecular flexibility index (Phi) is 5.78. The lowest BCUT2D eigenvalue weighted by molar-refractivity contribution is -0.140. The molecule has 1 nitrogen and oxygen atoms in total. The van der Waals surface area contributed by atoms with Crippen LogP contribution in [0.5, 0.6) is 0 Å². The summed E-state index contributed by atoms with van der Waals surface area (Å²) in [5, 5.41) is 0. The maximum absolute atomic E-state index is 12.1. The van der Waals surface area contributed by atoms with Gasteiger partial charge in [-0.1, -0.05) is 53.9 Å². The monoisotopic (exact) mass is 386 g/mol. The number of carbonyl (C=O) groups excluding carboxylic acids is 1. The third-order valence-corrected chi connectivity index (χ3v) is 10.7. The van der Waals surface area contributed by atoms with Gasteiger partial charge in [0.05, 0.1) is 0 Å². The van der Waals surface area contributed by atoms with Gasteiger partial charge in [0.2, 0.25) is 0 Å². The molecule has 0 radical (unpaired) electrons. The largest absolute Gasteiger partial charge is 0.300 e. The van der Waals surface area contributed by atoms with E-state index in [1.165, 1.54) is 64.2 Å². The number of rotatable bonds is 5.